The lowest BCUT2D eigenvalue weighted by atomic mass is 9.96. The van der Waals surface area contributed by atoms with E-state index in [-0.39, 0.29) is 17.3 Å². The van der Waals surface area contributed by atoms with Gasteiger partial charge in [-0.15, -0.1) is 11.3 Å². The fourth-order valence-electron chi connectivity index (χ4n) is 3.42. The molecule has 0 radical (unpaired) electrons. The molecule has 1 atom stereocenters. The van der Waals surface area contributed by atoms with Crippen molar-refractivity contribution >= 4 is 31.7 Å². The van der Waals surface area contributed by atoms with Crippen LogP contribution in [0.1, 0.15) is 23.1 Å². The molecule has 0 spiro atoms. The van der Waals surface area contributed by atoms with Crippen LogP contribution in [-0.4, -0.2) is 14.5 Å². The summed E-state index contributed by atoms with van der Waals surface area (Å²) in [5, 5.41) is 7.25. The largest absolute Gasteiger partial charge is 0.380 e. The van der Waals surface area contributed by atoms with Gasteiger partial charge in [-0.05, 0) is 54.0 Å². The third-order valence-corrected chi connectivity index (χ3v) is 6.22. The zero-order chi connectivity index (χ0) is 19.7. The Morgan fingerprint density at radius 2 is 1.96 bits per heavy atom. The Labute approximate surface area is 166 Å². The number of fused-ring (bicyclic) bond motifs is 2. The average Bonchev–Trinajstić information content (AvgIpc) is 2.66. The number of nitrogens with two attached hydrogens (primary N) is 1. The van der Waals surface area contributed by atoms with Crippen molar-refractivity contribution in [2.24, 2.45) is 5.14 Å². The van der Waals surface area contributed by atoms with E-state index in [0.717, 1.165) is 18.4 Å². The molecule has 3 aromatic rings. The van der Waals surface area contributed by atoms with Crippen molar-refractivity contribution < 1.29 is 17.3 Å². The van der Waals surface area contributed by atoms with Crippen molar-refractivity contribution in [2.45, 2.75) is 32.0 Å². The Bertz CT molecular complexity index is 1190. The van der Waals surface area contributed by atoms with E-state index in [1.807, 2.05) is 17.5 Å². The molecule has 2 N–H and O–H groups in total. The van der Waals surface area contributed by atoms with Gasteiger partial charge in [0.05, 0.1) is 12.7 Å². The summed E-state index contributed by atoms with van der Waals surface area (Å²) in [6.07, 6.45) is 2.36. The van der Waals surface area contributed by atoms with Gasteiger partial charge in [-0.1, -0.05) is 24.3 Å². The molecule has 0 fully saturated rings. The summed E-state index contributed by atoms with van der Waals surface area (Å²) in [7, 11) is -4.09. The number of aryl methyl sites for hydroxylation is 1. The molecule has 0 aliphatic carbocycles. The number of hydrogen-bond donors (Lipinski definition) is 1. The molecule has 146 valence electrons. The predicted octanol–water partition coefficient (Wildman–Crippen LogP) is 2.92. The van der Waals surface area contributed by atoms with Crippen LogP contribution in [0, 0.1) is 0 Å². The van der Waals surface area contributed by atoms with Gasteiger partial charge in [0.1, 0.15) is 5.75 Å². The molecule has 2 heterocycles. The summed E-state index contributed by atoms with van der Waals surface area (Å²) in [5.41, 5.74) is 3.23. The van der Waals surface area contributed by atoms with E-state index in [1.165, 1.54) is 34.6 Å². The molecule has 1 aliphatic rings. The Balaban J connectivity index is 1.50. The molecule has 6 nitrogen and oxygen atoms in total. The zero-order valence-electron chi connectivity index (χ0n) is 15.0. The third kappa shape index (κ3) is 4.25. The summed E-state index contributed by atoms with van der Waals surface area (Å²) >= 11 is 1.38. The first-order chi connectivity index (χ1) is 13.4. The lowest BCUT2D eigenvalue weighted by Gasteiger charge is -2.25. The Morgan fingerprint density at radius 3 is 2.75 bits per heavy atom. The van der Waals surface area contributed by atoms with Crippen LogP contribution >= 0.6 is 11.3 Å². The summed E-state index contributed by atoms with van der Waals surface area (Å²) < 4.78 is 33.4. The first-order valence-electron chi connectivity index (χ1n) is 8.84. The molecular formula is C20H19NO5S2. The molecule has 4 rings (SSSR count). The van der Waals surface area contributed by atoms with Gasteiger partial charge < -0.3 is 8.92 Å². The molecular weight excluding hydrogens is 398 g/mol. The van der Waals surface area contributed by atoms with E-state index in [1.54, 1.807) is 6.07 Å². The minimum atomic E-state index is -4.09. The van der Waals surface area contributed by atoms with Gasteiger partial charge in [0.2, 0.25) is 0 Å². The lowest BCUT2D eigenvalue weighted by molar-refractivity contribution is 0.0235. The minimum absolute atomic E-state index is 0.0490. The van der Waals surface area contributed by atoms with Crippen LogP contribution in [0.25, 0.3) is 10.1 Å². The Kier molecular flexibility index (Phi) is 5.20. The first-order valence-corrected chi connectivity index (χ1v) is 11.2. The van der Waals surface area contributed by atoms with E-state index in [9.17, 15) is 13.2 Å². The van der Waals surface area contributed by atoms with Crippen LogP contribution < -0.4 is 14.8 Å². The molecule has 1 aliphatic heterocycles. The fourth-order valence-corrected chi connectivity index (χ4v) is 4.76. The zero-order valence-corrected chi connectivity index (χ0v) is 16.6. The molecule has 0 amide bonds. The Morgan fingerprint density at radius 1 is 1.18 bits per heavy atom. The molecule has 0 saturated carbocycles. The van der Waals surface area contributed by atoms with Crippen LogP contribution in [0.15, 0.2) is 52.6 Å². The molecule has 2 aromatic carbocycles. The van der Waals surface area contributed by atoms with Crippen LogP contribution in [0.5, 0.6) is 5.75 Å². The summed E-state index contributed by atoms with van der Waals surface area (Å²) in [6.45, 7) is 0.609. The SMILES string of the molecule is NS(=O)(=O)Oc1ccc2c(=O)c(CCC3Cc4ccccc4CO3)csc2c1. The van der Waals surface area contributed by atoms with Crippen molar-refractivity contribution in [1.82, 2.24) is 0 Å². The highest BCUT2D eigenvalue weighted by Gasteiger charge is 2.19. The van der Waals surface area contributed by atoms with Gasteiger partial charge in [0.25, 0.3) is 0 Å². The predicted molar refractivity (Wildman–Crippen MR) is 109 cm³/mol. The van der Waals surface area contributed by atoms with Crippen LogP contribution in [-0.2, 0) is 34.5 Å². The number of rotatable bonds is 5. The molecule has 8 heteroatoms. The van der Waals surface area contributed by atoms with Crippen LogP contribution in [0.2, 0.25) is 0 Å². The smallest absolute Gasteiger partial charge is 0.373 e. The van der Waals surface area contributed by atoms with Crippen LogP contribution in [0.3, 0.4) is 0 Å². The third-order valence-electron chi connectivity index (χ3n) is 4.81. The monoisotopic (exact) mass is 417 g/mol. The number of hydrogen-bond acceptors (Lipinski definition) is 6. The van der Waals surface area contributed by atoms with Gasteiger partial charge in [-0.25, -0.2) is 0 Å². The molecule has 0 saturated heterocycles. The minimum Gasteiger partial charge on any atom is -0.373 e. The maximum atomic E-state index is 12.8. The van der Waals surface area contributed by atoms with Gasteiger partial charge in [-0.2, -0.15) is 13.6 Å². The van der Waals surface area contributed by atoms with Crippen molar-refractivity contribution in [1.29, 1.82) is 0 Å². The van der Waals surface area contributed by atoms with Crippen molar-refractivity contribution in [3.63, 3.8) is 0 Å². The molecule has 28 heavy (non-hydrogen) atoms. The topological polar surface area (TPSA) is 95.7 Å². The van der Waals surface area contributed by atoms with Gasteiger partial charge in [0, 0.05) is 15.6 Å². The van der Waals surface area contributed by atoms with E-state index >= 15 is 0 Å². The number of ether oxygens (including phenoxy) is 1. The highest BCUT2D eigenvalue weighted by atomic mass is 32.2. The van der Waals surface area contributed by atoms with E-state index in [2.05, 4.69) is 16.3 Å². The van der Waals surface area contributed by atoms with Gasteiger partial charge >= 0.3 is 10.3 Å². The second-order valence-electron chi connectivity index (χ2n) is 6.77. The second kappa shape index (κ2) is 7.63. The van der Waals surface area contributed by atoms with Crippen molar-refractivity contribution in [3.8, 4) is 5.75 Å². The van der Waals surface area contributed by atoms with Crippen molar-refractivity contribution in [3.05, 3.63) is 74.8 Å². The quantitative estimate of drug-likeness (QED) is 0.689. The van der Waals surface area contributed by atoms with Crippen molar-refractivity contribution in [2.75, 3.05) is 0 Å². The summed E-state index contributed by atoms with van der Waals surface area (Å²) in [5.74, 6) is 0.0904. The van der Waals surface area contributed by atoms with E-state index in [0.29, 0.717) is 23.1 Å². The van der Waals surface area contributed by atoms with E-state index in [4.69, 9.17) is 9.88 Å². The second-order valence-corrected chi connectivity index (χ2v) is 8.83. The molecule has 1 aromatic heterocycles. The normalized spacial score (nSPS) is 16.7. The summed E-state index contributed by atoms with van der Waals surface area (Å²) in [6, 6.07) is 12.8. The number of benzene rings is 2. The first kappa shape index (κ1) is 19.1. The standard InChI is InChI=1S/C20H19NO5S2/c21-28(23,24)26-17-7-8-18-19(10-17)27-12-15(20(18)22)5-6-16-9-13-3-1-2-4-14(13)11-25-16/h1-4,7-8,10,12,16H,5-6,9,11H2,(H2,21,23,24). The highest BCUT2D eigenvalue weighted by Crippen LogP contribution is 2.25. The lowest BCUT2D eigenvalue weighted by Crippen LogP contribution is -2.23. The molecule has 0 bridgehead atoms. The van der Waals surface area contributed by atoms with Gasteiger partial charge in [0.15, 0.2) is 5.43 Å². The van der Waals surface area contributed by atoms with E-state index < -0.39 is 10.3 Å². The summed E-state index contributed by atoms with van der Waals surface area (Å²) in [4.78, 5) is 12.8. The maximum absolute atomic E-state index is 12.8. The average molecular weight is 418 g/mol. The maximum Gasteiger partial charge on any atom is 0.380 e. The fraction of sp³-hybridized carbons (Fsp3) is 0.250. The van der Waals surface area contributed by atoms with Gasteiger partial charge in [-0.3, -0.25) is 4.79 Å². The highest BCUT2D eigenvalue weighted by molar-refractivity contribution is 7.84. The molecule has 1 unspecified atom stereocenters. The Hall–Kier alpha value is -2.26. The van der Waals surface area contributed by atoms with Crippen LogP contribution in [0.4, 0.5) is 0 Å².